The van der Waals surface area contributed by atoms with Crippen molar-refractivity contribution in [3.63, 3.8) is 0 Å². The number of carbonyl (C=O) groups is 1. The monoisotopic (exact) mass is 283 g/mol. The molecule has 0 bridgehead atoms. The average Bonchev–Trinajstić information content (AvgIpc) is 2.51. The third-order valence-corrected chi connectivity index (χ3v) is 3.38. The first-order valence-electron chi connectivity index (χ1n) is 7.25. The van der Waals surface area contributed by atoms with E-state index in [-0.39, 0.29) is 5.92 Å². The number of aldehydes is 1. The molecule has 0 aliphatic heterocycles. The normalized spacial score (nSPS) is 11.7. The molecule has 21 heavy (non-hydrogen) atoms. The summed E-state index contributed by atoms with van der Waals surface area (Å²) in [5.41, 5.74) is 2.16. The van der Waals surface area contributed by atoms with Gasteiger partial charge in [-0.15, -0.1) is 0 Å². The van der Waals surface area contributed by atoms with Gasteiger partial charge in [0.2, 0.25) is 0 Å². The Bertz CT molecular complexity index is 578. The maximum Gasteiger partial charge on any atom is 0.129 e. The van der Waals surface area contributed by atoms with Gasteiger partial charge in [0.15, 0.2) is 0 Å². The van der Waals surface area contributed by atoms with Crippen LogP contribution >= 0.6 is 0 Å². The lowest BCUT2D eigenvalue weighted by atomic mass is 10.1. The van der Waals surface area contributed by atoms with E-state index in [1.165, 1.54) is 5.56 Å². The molecule has 110 valence electrons. The number of anilines is 1. The highest BCUT2D eigenvalue weighted by Gasteiger charge is 2.04. The number of carbonyl (C=O) groups excluding carboxylic acids is 1. The fourth-order valence-corrected chi connectivity index (χ4v) is 1.95. The van der Waals surface area contributed by atoms with Crippen molar-refractivity contribution in [2.75, 3.05) is 11.9 Å². The first-order valence-corrected chi connectivity index (χ1v) is 7.25. The zero-order valence-electron chi connectivity index (χ0n) is 12.5. The smallest absolute Gasteiger partial charge is 0.129 e. The van der Waals surface area contributed by atoms with Gasteiger partial charge in [-0.25, -0.2) is 0 Å². The minimum Gasteiger partial charge on any atom is -0.457 e. The predicted octanol–water partition coefficient (Wildman–Crippen LogP) is 4.42. The highest BCUT2D eigenvalue weighted by Crippen LogP contribution is 2.24. The van der Waals surface area contributed by atoms with Gasteiger partial charge >= 0.3 is 0 Å². The van der Waals surface area contributed by atoms with Crippen LogP contribution in [-0.2, 0) is 4.79 Å². The van der Waals surface area contributed by atoms with Gasteiger partial charge in [0, 0.05) is 24.2 Å². The summed E-state index contributed by atoms with van der Waals surface area (Å²) >= 11 is 0. The predicted molar refractivity (Wildman–Crippen MR) is 86.0 cm³/mol. The lowest BCUT2D eigenvalue weighted by Gasteiger charge is -2.12. The summed E-state index contributed by atoms with van der Waals surface area (Å²) in [6, 6.07) is 15.7. The quantitative estimate of drug-likeness (QED) is 0.764. The summed E-state index contributed by atoms with van der Waals surface area (Å²) in [6.07, 6.45) is 1.84. The summed E-state index contributed by atoms with van der Waals surface area (Å²) in [6.45, 7) is 4.71. The number of benzene rings is 2. The summed E-state index contributed by atoms with van der Waals surface area (Å²) in [5.74, 6) is 1.65. The molecule has 2 aromatic carbocycles. The summed E-state index contributed by atoms with van der Waals surface area (Å²) < 4.78 is 5.82. The molecule has 0 heterocycles. The van der Waals surface area contributed by atoms with E-state index >= 15 is 0 Å². The number of nitrogens with one attached hydrogen (secondary N) is 1. The van der Waals surface area contributed by atoms with Crippen molar-refractivity contribution in [1.82, 2.24) is 0 Å². The largest absolute Gasteiger partial charge is 0.457 e. The Morgan fingerprint density at radius 3 is 2.57 bits per heavy atom. The van der Waals surface area contributed by atoms with Gasteiger partial charge in [0.05, 0.1) is 0 Å². The second-order valence-electron chi connectivity index (χ2n) is 5.13. The summed E-state index contributed by atoms with van der Waals surface area (Å²) in [4.78, 5) is 10.8. The molecular formula is C18H21NO2. The third-order valence-electron chi connectivity index (χ3n) is 3.38. The van der Waals surface area contributed by atoms with E-state index in [1.807, 2.05) is 62.4 Å². The summed E-state index contributed by atoms with van der Waals surface area (Å²) in [5, 5.41) is 3.27. The summed E-state index contributed by atoms with van der Waals surface area (Å²) in [7, 11) is 0. The van der Waals surface area contributed by atoms with Crippen LogP contribution in [-0.4, -0.2) is 12.8 Å². The first-order chi connectivity index (χ1) is 10.2. The second kappa shape index (κ2) is 7.48. The molecule has 0 radical (unpaired) electrons. The van der Waals surface area contributed by atoms with Crippen molar-refractivity contribution in [3.05, 3.63) is 54.1 Å². The number of rotatable bonds is 7. The third kappa shape index (κ3) is 4.63. The van der Waals surface area contributed by atoms with Crippen molar-refractivity contribution in [2.24, 2.45) is 5.92 Å². The molecule has 0 aromatic heterocycles. The lowest BCUT2D eigenvalue weighted by molar-refractivity contribution is -0.110. The molecule has 1 atom stereocenters. The number of hydrogen-bond acceptors (Lipinski definition) is 3. The van der Waals surface area contributed by atoms with E-state index in [0.29, 0.717) is 6.54 Å². The van der Waals surface area contributed by atoms with E-state index in [0.717, 1.165) is 29.9 Å². The lowest BCUT2D eigenvalue weighted by Crippen LogP contribution is -2.14. The van der Waals surface area contributed by atoms with E-state index in [9.17, 15) is 4.79 Å². The standard InChI is InChI=1S/C18H21NO2/c1-3-15(13-20)12-19-16-5-4-6-18(11-16)21-17-9-7-14(2)8-10-17/h4-11,13,15,19H,3,12H2,1-2H3. The molecule has 0 saturated heterocycles. The maximum absolute atomic E-state index is 10.8. The maximum atomic E-state index is 10.8. The molecule has 3 nitrogen and oxygen atoms in total. The van der Waals surface area contributed by atoms with Gasteiger partial charge in [-0.3, -0.25) is 0 Å². The highest BCUT2D eigenvalue weighted by atomic mass is 16.5. The molecule has 0 fully saturated rings. The van der Waals surface area contributed by atoms with Crippen LogP contribution in [0.25, 0.3) is 0 Å². The van der Waals surface area contributed by atoms with Crippen LogP contribution in [0.15, 0.2) is 48.5 Å². The van der Waals surface area contributed by atoms with Crippen molar-refractivity contribution in [3.8, 4) is 11.5 Å². The van der Waals surface area contributed by atoms with Gasteiger partial charge in [-0.2, -0.15) is 0 Å². The fraction of sp³-hybridized carbons (Fsp3) is 0.278. The second-order valence-corrected chi connectivity index (χ2v) is 5.13. The van der Waals surface area contributed by atoms with Crippen LogP contribution in [0.2, 0.25) is 0 Å². The number of aryl methyl sites for hydroxylation is 1. The minimum atomic E-state index is 0.0478. The zero-order valence-corrected chi connectivity index (χ0v) is 12.5. The van der Waals surface area contributed by atoms with Gasteiger partial charge < -0.3 is 14.8 Å². The van der Waals surface area contributed by atoms with Crippen LogP contribution in [0.1, 0.15) is 18.9 Å². The van der Waals surface area contributed by atoms with E-state index in [2.05, 4.69) is 5.32 Å². The highest BCUT2D eigenvalue weighted by molar-refractivity contribution is 5.56. The SMILES string of the molecule is CCC(C=O)CNc1cccc(Oc2ccc(C)cc2)c1. The Morgan fingerprint density at radius 1 is 1.14 bits per heavy atom. The van der Waals surface area contributed by atoms with Crippen LogP contribution in [0, 0.1) is 12.8 Å². The van der Waals surface area contributed by atoms with Crippen molar-refractivity contribution in [1.29, 1.82) is 0 Å². The molecule has 3 heteroatoms. The Balaban J connectivity index is 2.00. The minimum absolute atomic E-state index is 0.0478. The molecule has 2 rings (SSSR count). The molecule has 1 unspecified atom stereocenters. The Kier molecular flexibility index (Phi) is 5.38. The zero-order chi connectivity index (χ0) is 15.1. The molecule has 0 aliphatic carbocycles. The Labute approximate surface area is 126 Å². The molecule has 0 saturated carbocycles. The van der Waals surface area contributed by atoms with Gasteiger partial charge in [0.25, 0.3) is 0 Å². The van der Waals surface area contributed by atoms with E-state index < -0.39 is 0 Å². The van der Waals surface area contributed by atoms with Crippen LogP contribution in [0.5, 0.6) is 11.5 Å². The van der Waals surface area contributed by atoms with E-state index in [4.69, 9.17) is 4.74 Å². The van der Waals surface area contributed by atoms with Gasteiger partial charge in [-0.1, -0.05) is 30.7 Å². The van der Waals surface area contributed by atoms with Gasteiger partial charge in [-0.05, 0) is 37.6 Å². The van der Waals surface area contributed by atoms with Crippen LogP contribution in [0.4, 0.5) is 5.69 Å². The Morgan fingerprint density at radius 2 is 1.90 bits per heavy atom. The topological polar surface area (TPSA) is 38.3 Å². The number of ether oxygens (including phenoxy) is 1. The molecule has 0 aliphatic rings. The average molecular weight is 283 g/mol. The van der Waals surface area contributed by atoms with E-state index in [1.54, 1.807) is 0 Å². The molecular weight excluding hydrogens is 262 g/mol. The fourth-order valence-electron chi connectivity index (χ4n) is 1.95. The molecule has 0 spiro atoms. The number of hydrogen-bond donors (Lipinski definition) is 1. The molecule has 2 aromatic rings. The van der Waals surface area contributed by atoms with Crippen molar-refractivity contribution >= 4 is 12.0 Å². The Hall–Kier alpha value is -2.29. The van der Waals surface area contributed by atoms with Crippen LogP contribution in [0.3, 0.4) is 0 Å². The van der Waals surface area contributed by atoms with Crippen LogP contribution < -0.4 is 10.1 Å². The molecule has 1 N–H and O–H groups in total. The van der Waals surface area contributed by atoms with Crippen molar-refractivity contribution < 1.29 is 9.53 Å². The van der Waals surface area contributed by atoms with Gasteiger partial charge in [0.1, 0.15) is 17.8 Å². The first kappa shape index (κ1) is 15.1. The van der Waals surface area contributed by atoms with Crippen molar-refractivity contribution in [2.45, 2.75) is 20.3 Å². The molecule has 0 amide bonds.